The van der Waals surface area contributed by atoms with Crippen molar-refractivity contribution >= 4 is 28.5 Å². The normalized spacial score (nSPS) is 14.7. The number of ether oxygens (including phenoxy) is 2. The Balaban J connectivity index is 1.60. The summed E-state index contributed by atoms with van der Waals surface area (Å²) in [5, 5.41) is 2.90. The SMILES string of the molecule is CCOc1cc(/C=C/C(=O)N2CCN(c3nccs3)CC2)ccc1OC(F)F. The van der Waals surface area contributed by atoms with Gasteiger partial charge in [-0.05, 0) is 30.7 Å². The van der Waals surface area contributed by atoms with Crippen LogP contribution in [0.4, 0.5) is 13.9 Å². The number of carbonyl (C=O) groups excluding carboxylic acids is 1. The Kier molecular flexibility index (Phi) is 6.80. The van der Waals surface area contributed by atoms with E-state index < -0.39 is 6.61 Å². The topological polar surface area (TPSA) is 54.9 Å². The average molecular weight is 409 g/mol. The van der Waals surface area contributed by atoms with Gasteiger partial charge in [0, 0.05) is 43.8 Å². The second-order valence-electron chi connectivity index (χ2n) is 5.98. The smallest absolute Gasteiger partial charge is 0.387 e. The molecule has 0 atom stereocenters. The first-order chi connectivity index (χ1) is 13.6. The van der Waals surface area contributed by atoms with Gasteiger partial charge in [-0.25, -0.2) is 4.98 Å². The molecule has 1 aromatic carbocycles. The highest BCUT2D eigenvalue weighted by Gasteiger charge is 2.21. The zero-order valence-corrected chi connectivity index (χ0v) is 16.2. The standard InChI is InChI=1S/C19H21F2N3O3S/c1-2-26-16-13-14(3-5-15(16)27-18(20)21)4-6-17(25)23-8-10-24(11-9-23)19-22-7-12-28-19/h3-7,12-13,18H,2,8-11H2,1H3/b6-4+. The van der Waals surface area contributed by atoms with E-state index in [1.807, 2.05) is 5.38 Å². The van der Waals surface area contributed by atoms with Crippen molar-refractivity contribution in [1.29, 1.82) is 0 Å². The fraction of sp³-hybridized carbons (Fsp3) is 0.368. The first-order valence-electron chi connectivity index (χ1n) is 8.90. The quantitative estimate of drug-likeness (QED) is 0.655. The predicted octanol–water partition coefficient (Wildman–Crippen LogP) is 3.51. The number of hydrogen-bond acceptors (Lipinski definition) is 6. The van der Waals surface area contributed by atoms with Gasteiger partial charge in [0.2, 0.25) is 5.91 Å². The summed E-state index contributed by atoms with van der Waals surface area (Å²) < 4.78 is 34.7. The lowest BCUT2D eigenvalue weighted by Gasteiger charge is -2.34. The molecular weight excluding hydrogens is 388 g/mol. The van der Waals surface area contributed by atoms with E-state index in [1.54, 1.807) is 47.6 Å². The minimum Gasteiger partial charge on any atom is -0.490 e. The molecule has 3 rings (SSSR count). The number of aromatic nitrogens is 1. The summed E-state index contributed by atoms with van der Waals surface area (Å²) in [5.74, 6) is 0.0951. The highest BCUT2D eigenvalue weighted by molar-refractivity contribution is 7.13. The van der Waals surface area contributed by atoms with Gasteiger partial charge in [0.05, 0.1) is 6.61 Å². The van der Waals surface area contributed by atoms with Crippen LogP contribution in [0.5, 0.6) is 11.5 Å². The van der Waals surface area contributed by atoms with E-state index in [0.29, 0.717) is 25.3 Å². The molecule has 2 aromatic rings. The van der Waals surface area contributed by atoms with Gasteiger partial charge >= 0.3 is 6.61 Å². The summed E-state index contributed by atoms with van der Waals surface area (Å²) in [6.07, 6.45) is 4.90. The summed E-state index contributed by atoms with van der Waals surface area (Å²) in [4.78, 5) is 20.7. The Bertz CT molecular complexity index is 807. The molecule has 28 heavy (non-hydrogen) atoms. The van der Waals surface area contributed by atoms with Crippen LogP contribution in [0.25, 0.3) is 6.08 Å². The second kappa shape index (κ2) is 9.50. The number of amides is 1. The van der Waals surface area contributed by atoms with E-state index in [9.17, 15) is 13.6 Å². The number of hydrogen-bond donors (Lipinski definition) is 0. The van der Waals surface area contributed by atoms with Crippen LogP contribution in [0.3, 0.4) is 0 Å². The van der Waals surface area contributed by atoms with Crippen molar-refractivity contribution in [3.05, 3.63) is 41.4 Å². The maximum absolute atomic E-state index is 12.5. The van der Waals surface area contributed by atoms with Gasteiger partial charge in [0.1, 0.15) is 0 Å². The zero-order valence-electron chi connectivity index (χ0n) is 15.4. The predicted molar refractivity (Wildman–Crippen MR) is 104 cm³/mol. The van der Waals surface area contributed by atoms with Crippen molar-refractivity contribution in [2.45, 2.75) is 13.5 Å². The second-order valence-corrected chi connectivity index (χ2v) is 6.85. The largest absolute Gasteiger partial charge is 0.490 e. The number of halogens is 2. The Morgan fingerprint density at radius 1 is 1.29 bits per heavy atom. The van der Waals surface area contributed by atoms with E-state index in [-0.39, 0.29) is 17.4 Å². The van der Waals surface area contributed by atoms with Gasteiger partial charge in [-0.3, -0.25) is 4.79 Å². The molecule has 1 aliphatic rings. The third kappa shape index (κ3) is 5.19. The molecule has 150 valence electrons. The highest BCUT2D eigenvalue weighted by atomic mass is 32.1. The van der Waals surface area contributed by atoms with Crippen LogP contribution in [0.2, 0.25) is 0 Å². The van der Waals surface area contributed by atoms with Crippen molar-refractivity contribution < 1.29 is 23.0 Å². The number of thiazole rings is 1. The minimum atomic E-state index is -2.93. The molecule has 6 nitrogen and oxygen atoms in total. The number of nitrogens with zero attached hydrogens (tertiary/aromatic N) is 3. The molecule has 1 fully saturated rings. The van der Waals surface area contributed by atoms with Crippen LogP contribution in [0.15, 0.2) is 35.9 Å². The van der Waals surface area contributed by atoms with E-state index in [4.69, 9.17) is 4.74 Å². The Hall–Kier alpha value is -2.68. The van der Waals surface area contributed by atoms with E-state index >= 15 is 0 Å². The van der Waals surface area contributed by atoms with E-state index in [2.05, 4.69) is 14.6 Å². The van der Waals surface area contributed by atoms with Gasteiger partial charge in [-0.2, -0.15) is 8.78 Å². The first kappa shape index (κ1) is 20.1. The lowest BCUT2D eigenvalue weighted by Crippen LogP contribution is -2.48. The van der Waals surface area contributed by atoms with Crippen molar-refractivity contribution in [2.24, 2.45) is 0 Å². The lowest BCUT2D eigenvalue weighted by molar-refractivity contribution is -0.126. The number of rotatable bonds is 7. The van der Waals surface area contributed by atoms with Crippen molar-refractivity contribution in [2.75, 3.05) is 37.7 Å². The average Bonchev–Trinajstić information content (AvgIpc) is 3.22. The molecule has 1 saturated heterocycles. The van der Waals surface area contributed by atoms with Gasteiger partial charge in [0.15, 0.2) is 16.6 Å². The van der Waals surface area contributed by atoms with E-state index in [0.717, 1.165) is 18.2 Å². The summed E-state index contributed by atoms with van der Waals surface area (Å²) in [6.45, 7) is 1.86. The third-order valence-corrected chi connectivity index (χ3v) is 5.02. The molecule has 0 saturated carbocycles. The number of alkyl halides is 2. The molecule has 2 heterocycles. The van der Waals surface area contributed by atoms with Crippen LogP contribution in [0.1, 0.15) is 12.5 Å². The first-order valence-corrected chi connectivity index (χ1v) is 9.78. The third-order valence-electron chi connectivity index (χ3n) is 4.18. The summed E-state index contributed by atoms with van der Waals surface area (Å²) >= 11 is 1.58. The van der Waals surface area contributed by atoms with Gasteiger partial charge in [-0.1, -0.05) is 6.07 Å². The molecule has 0 unspecified atom stereocenters. The zero-order chi connectivity index (χ0) is 19.9. The Morgan fingerprint density at radius 3 is 2.71 bits per heavy atom. The summed E-state index contributed by atoms with van der Waals surface area (Å²) in [5.41, 5.74) is 0.667. The Labute approximate surface area is 166 Å². The molecule has 0 aliphatic carbocycles. The number of benzene rings is 1. The van der Waals surface area contributed by atoms with Crippen molar-refractivity contribution in [1.82, 2.24) is 9.88 Å². The van der Waals surface area contributed by atoms with E-state index in [1.165, 1.54) is 12.1 Å². The maximum Gasteiger partial charge on any atom is 0.387 e. The number of anilines is 1. The molecule has 9 heteroatoms. The summed E-state index contributed by atoms with van der Waals surface area (Å²) in [6, 6.07) is 4.59. The summed E-state index contributed by atoms with van der Waals surface area (Å²) in [7, 11) is 0. The molecule has 0 bridgehead atoms. The molecule has 0 spiro atoms. The molecule has 1 amide bonds. The van der Waals surface area contributed by atoms with Crippen LogP contribution in [-0.4, -0.2) is 55.2 Å². The maximum atomic E-state index is 12.5. The van der Waals surface area contributed by atoms with Crippen LogP contribution < -0.4 is 14.4 Å². The molecule has 0 radical (unpaired) electrons. The monoisotopic (exact) mass is 409 g/mol. The molecule has 1 aliphatic heterocycles. The van der Waals surface area contributed by atoms with Crippen LogP contribution in [-0.2, 0) is 4.79 Å². The minimum absolute atomic E-state index is 0.0290. The fourth-order valence-electron chi connectivity index (χ4n) is 2.85. The molecular formula is C19H21F2N3O3S. The van der Waals surface area contributed by atoms with Crippen LogP contribution >= 0.6 is 11.3 Å². The van der Waals surface area contributed by atoms with Crippen molar-refractivity contribution in [3.8, 4) is 11.5 Å². The van der Waals surface area contributed by atoms with Crippen molar-refractivity contribution in [3.63, 3.8) is 0 Å². The highest BCUT2D eigenvalue weighted by Crippen LogP contribution is 2.30. The van der Waals surface area contributed by atoms with Crippen LogP contribution in [0, 0.1) is 0 Å². The van der Waals surface area contributed by atoms with Gasteiger partial charge in [-0.15, -0.1) is 11.3 Å². The number of piperazine rings is 1. The molecule has 0 N–H and O–H groups in total. The van der Waals surface area contributed by atoms with Gasteiger partial charge in [0.25, 0.3) is 0 Å². The fourth-order valence-corrected chi connectivity index (χ4v) is 3.55. The van der Waals surface area contributed by atoms with Gasteiger partial charge < -0.3 is 19.3 Å². The Morgan fingerprint density at radius 2 is 2.07 bits per heavy atom. The molecule has 1 aromatic heterocycles. The lowest BCUT2D eigenvalue weighted by atomic mass is 10.2. The number of carbonyl (C=O) groups is 1.